The van der Waals surface area contributed by atoms with Gasteiger partial charge in [0, 0.05) is 6.54 Å². The lowest BCUT2D eigenvalue weighted by molar-refractivity contribution is 0.0956. The Bertz CT molecular complexity index is 738. The van der Waals surface area contributed by atoms with Crippen LogP contribution >= 0.6 is 11.3 Å². The van der Waals surface area contributed by atoms with Crippen molar-refractivity contribution in [3.05, 3.63) is 34.8 Å². The Morgan fingerprint density at radius 2 is 2.04 bits per heavy atom. The molecule has 0 aliphatic carbocycles. The maximum Gasteiger partial charge on any atom is 0.263 e. The molecule has 1 aromatic heterocycles. The first-order valence-electron chi connectivity index (χ1n) is 9.30. The molecule has 0 bridgehead atoms. The van der Waals surface area contributed by atoms with Crippen molar-refractivity contribution in [1.82, 2.24) is 15.2 Å². The van der Waals surface area contributed by atoms with E-state index >= 15 is 0 Å². The minimum absolute atomic E-state index is 0.0256. The number of hydrogen-bond acceptors (Lipinski definition) is 5. The molecular weight excluding hydrogens is 346 g/mol. The number of hydrogen-bond donors (Lipinski definition) is 1. The van der Waals surface area contributed by atoms with Gasteiger partial charge in [-0.1, -0.05) is 12.1 Å². The van der Waals surface area contributed by atoms with E-state index in [0.29, 0.717) is 11.4 Å². The molecule has 2 heterocycles. The molecule has 5 nitrogen and oxygen atoms in total. The Morgan fingerprint density at radius 3 is 2.81 bits per heavy atom. The van der Waals surface area contributed by atoms with E-state index in [1.54, 1.807) is 7.11 Å². The van der Waals surface area contributed by atoms with Gasteiger partial charge in [0.05, 0.1) is 18.4 Å². The van der Waals surface area contributed by atoms with Crippen LogP contribution in [0, 0.1) is 6.92 Å². The van der Waals surface area contributed by atoms with Crippen molar-refractivity contribution in [2.45, 2.75) is 32.6 Å². The maximum atomic E-state index is 12.5. The van der Waals surface area contributed by atoms with Gasteiger partial charge in [-0.05, 0) is 64.4 Å². The highest BCUT2D eigenvalue weighted by atomic mass is 32.1. The second kappa shape index (κ2) is 9.14. The van der Waals surface area contributed by atoms with Crippen LogP contribution in [-0.4, -0.2) is 49.1 Å². The highest BCUT2D eigenvalue weighted by Gasteiger charge is 2.18. The summed E-state index contributed by atoms with van der Waals surface area (Å²) in [7, 11) is 1.65. The van der Waals surface area contributed by atoms with Gasteiger partial charge in [-0.2, -0.15) is 0 Å². The molecule has 0 saturated carbocycles. The monoisotopic (exact) mass is 373 g/mol. The fraction of sp³-hybridized carbons (Fsp3) is 0.500. The number of carbonyl (C=O) groups is 1. The summed E-state index contributed by atoms with van der Waals surface area (Å²) in [6, 6.07) is 7.76. The Hall–Kier alpha value is -1.92. The predicted octanol–water partition coefficient (Wildman–Crippen LogP) is 3.73. The topological polar surface area (TPSA) is 54.5 Å². The van der Waals surface area contributed by atoms with Crippen molar-refractivity contribution in [2.24, 2.45) is 0 Å². The standard InChI is InChI=1S/C20H27N3O2S/c1-15-18(19(24)21-11-5-6-12-23-13-7-8-14-23)26-20(22-15)16-9-3-4-10-17(16)25-2/h3-4,9-10H,5-8,11-14H2,1-2H3,(H,21,24). The zero-order chi connectivity index (χ0) is 18.4. The van der Waals surface area contributed by atoms with Crippen LogP contribution in [0.15, 0.2) is 24.3 Å². The Morgan fingerprint density at radius 1 is 1.27 bits per heavy atom. The first kappa shape index (κ1) is 18.9. The lowest BCUT2D eigenvalue weighted by atomic mass is 10.2. The molecule has 26 heavy (non-hydrogen) atoms. The van der Waals surface area contributed by atoms with Crippen LogP contribution in [-0.2, 0) is 0 Å². The summed E-state index contributed by atoms with van der Waals surface area (Å²) in [4.78, 5) is 20.3. The number of amides is 1. The van der Waals surface area contributed by atoms with Gasteiger partial charge in [0.2, 0.25) is 0 Å². The number of nitrogens with zero attached hydrogens (tertiary/aromatic N) is 2. The molecule has 1 aliphatic rings. The number of unbranched alkanes of at least 4 members (excludes halogenated alkanes) is 1. The summed E-state index contributed by atoms with van der Waals surface area (Å²) in [6.07, 6.45) is 4.81. The summed E-state index contributed by atoms with van der Waals surface area (Å²) >= 11 is 1.42. The van der Waals surface area contributed by atoms with Gasteiger partial charge in [-0.15, -0.1) is 11.3 Å². The fourth-order valence-corrected chi connectivity index (χ4v) is 4.31. The van der Waals surface area contributed by atoms with Gasteiger partial charge in [-0.25, -0.2) is 4.98 Å². The van der Waals surface area contributed by atoms with Crippen LogP contribution in [0.2, 0.25) is 0 Å². The Balaban J connectivity index is 1.53. The molecule has 1 aromatic carbocycles. The molecule has 0 radical (unpaired) electrons. The zero-order valence-corrected chi connectivity index (χ0v) is 16.4. The van der Waals surface area contributed by atoms with E-state index in [9.17, 15) is 4.79 Å². The number of carbonyl (C=O) groups excluding carboxylic acids is 1. The van der Waals surface area contributed by atoms with Gasteiger partial charge >= 0.3 is 0 Å². The number of thiazole rings is 1. The molecule has 2 aromatic rings. The van der Waals surface area contributed by atoms with Gasteiger partial charge < -0.3 is 15.0 Å². The molecule has 1 N–H and O–H groups in total. The van der Waals surface area contributed by atoms with Crippen LogP contribution in [0.1, 0.15) is 41.0 Å². The van der Waals surface area contributed by atoms with Gasteiger partial charge in [0.15, 0.2) is 0 Å². The molecule has 140 valence electrons. The molecule has 1 fully saturated rings. The highest BCUT2D eigenvalue weighted by Crippen LogP contribution is 2.34. The third-order valence-corrected chi connectivity index (χ3v) is 5.92. The number of para-hydroxylation sites is 1. The molecule has 1 amide bonds. The van der Waals surface area contributed by atoms with Crippen molar-refractivity contribution in [1.29, 1.82) is 0 Å². The molecule has 1 saturated heterocycles. The Labute approximate surface area is 159 Å². The smallest absolute Gasteiger partial charge is 0.263 e. The van der Waals surface area contributed by atoms with E-state index in [2.05, 4.69) is 15.2 Å². The first-order chi connectivity index (χ1) is 12.7. The van der Waals surface area contributed by atoms with Crippen molar-refractivity contribution in [3.8, 4) is 16.3 Å². The second-order valence-corrected chi connectivity index (χ2v) is 7.64. The summed E-state index contributed by atoms with van der Waals surface area (Å²) in [5, 5.41) is 3.86. The number of ether oxygens (including phenoxy) is 1. The summed E-state index contributed by atoms with van der Waals surface area (Å²) in [5.41, 5.74) is 1.69. The zero-order valence-electron chi connectivity index (χ0n) is 15.6. The normalized spacial score (nSPS) is 14.5. The SMILES string of the molecule is COc1ccccc1-c1nc(C)c(C(=O)NCCCCN2CCCC2)s1. The summed E-state index contributed by atoms with van der Waals surface area (Å²) < 4.78 is 5.41. The van der Waals surface area contributed by atoms with E-state index in [1.807, 2.05) is 31.2 Å². The lowest BCUT2D eigenvalue weighted by Gasteiger charge is -2.13. The van der Waals surface area contributed by atoms with Crippen molar-refractivity contribution in [3.63, 3.8) is 0 Å². The van der Waals surface area contributed by atoms with Gasteiger partial charge in [0.25, 0.3) is 5.91 Å². The second-order valence-electron chi connectivity index (χ2n) is 6.65. The molecule has 0 spiro atoms. The number of rotatable bonds is 8. The molecule has 3 rings (SSSR count). The van der Waals surface area contributed by atoms with E-state index in [-0.39, 0.29) is 5.91 Å². The average molecular weight is 374 g/mol. The first-order valence-corrected chi connectivity index (χ1v) is 10.1. The largest absolute Gasteiger partial charge is 0.496 e. The number of aromatic nitrogens is 1. The molecule has 1 aliphatic heterocycles. The number of nitrogens with one attached hydrogen (secondary N) is 1. The quantitative estimate of drug-likeness (QED) is 0.717. The molecule has 0 atom stereocenters. The van der Waals surface area contributed by atoms with Crippen LogP contribution in [0.3, 0.4) is 0 Å². The van der Waals surface area contributed by atoms with Crippen LogP contribution in [0.4, 0.5) is 0 Å². The van der Waals surface area contributed by atoms with Gasteiger partial charge in [0.1, 0.15) is 15.6 Å². The number of benzene rings is 1. The lowest BCUT2D eigenvalue weighted by Crippen LogP contribution is -2.26. The molecule has 6 heteroatoms. The fourth-order valence-electron chi connectivity index (χ4n) is 3.29. The molecule has 0 unspecified atom stereocenters. The molecular formula is C20H27N3O2S. The number of methoxy groups -OCH3 is 1. The van der Waals surface area contributed by atoms with E-state index in [4.69, 9.17) is 4.74 Å². The van der Waals surface area contributed by atoms with Crippen LogP contribution in [0.25, 0.3) is 10.6 Å². The summed E-state index contributed by atoms with van der Waals surface area (Å²) in [6.45, 7) is 6.22. The van der Waals surface area contributed by atoms with Crippen molar-refractivity contribution >= 4 is 17.2 Å². The third kappa shape index (κ3) is 4.62. The van der Waals surface area contributed by atoms with Crippen molar-refractivity contribution < 1.29 is 9.53 Å². The third-order valence-electron chi connectivity index (χ3n) is 4.73. The predicted molar refractivity (Wildman–Crippen MR) is 106 cm³/mol. The van der Waals surface area contributed by atoms with Crippen molar-refractivity contribution in [2.75, 3.05) is 33.3 Å². The minimum Gasteiger partial charge on any atom is -0.496 e. The van der Waals surface area contributed by atoms with E-state index in [1.165, 1.54) is 37.3 Å². The summed E-state index contributed by atoms with van der Waals surface area (Å²) in [5.74, 6) is 0.748. The van der Waals surface area contributed by atoms with Gasteiger partial charge in [-0.3, -0.25) is 4.79 Å². The van der Waals surface area contributed by atoms with E-state index < -0.39 is 0 Å². The number of aryl methyl sites for hydroxylation is 1. The van der Waals surface area contributed by atoms with Crippen LogP contribution in [0.5, 0.6) is 5.75 Å². The number of likely N-dealkylation sites (tertiary alicyclic amines) is 1. The maximum absolute atomic E-state index is 12.5. The Kier molecular flexibility index (Phi) is 6.63. The highest BCUT2D eigenvalue weighted by molar-refractivity contribution is 7.17. The minimum atomic E-state index is -0.0256. The average Bonchev–Trinajstić information content (AvgIpc) is 3.31. The van der Waals surface area contributed by atoms with Crippen LogP contribution < -0.4 is 10.1 Å². The van der Waals surface area contributed by atoms with E-state index in [0.717, 1.165) is 41.4 Å².